The van der Waals surface area contributed by atoms with Gasteiger partial charge in [-0.15, -0.1) is 11.8 Å². The van der Waals surface area contributed by atoms with Gasteiger partial charge in [0.15, 0.2) is 0 Å². The lowest BCUT2D eigenvalue weighted by atomic mass is 10.3. The Labute approximate surface area is 71.2 Å². The van der Waals surface area contributed by atoms with Crippen LogP contribution in [0.2, 0.25) is 0 Å². The maximum Gasteiger partial charge on any atom is 0.119 e. The SMILES string of the molecule is CCSc1ncc(C)cc1N. The van der Waals surface area contributed by atoms with Crippen LogP contribution < -0.4 is 5.73 Å². The number of nitrogens with two attached hydrogens (primary N) is 1. The third kappa shape index (κ3) is 2.12. The van der Waals surface area contributed by atoms with E-state index in [0.717, 1.165) is 22.0 Å². The highest BCUT2D eigenvalue weighted by molar-refractivity contribution is 7.99. The summed E-state index contributed by atoms with van der Waals surface area (Å²) < 4.78 is 0. The molecule has 0 saturated carbocycles. The van der Waals surface area contributed by atoms with Gasteiger partial charge in [-0.05, 0) is 24.3 Å². The normalized spacial score (nSPS) is 10.0. The van der Waals surface area contributed by atoms with Crippen LogP contribution in [0.4, 0.5) is 5.69 Å². The largest absolute Gasteiger partial charge is 0.397 e. The third-order valence-electron chi connectivity index (χ3n) is 1.30. The Morgan fingerprint density at radius 1 is 1.64 bits per heavy atom. The Balaban J connectivity index is 2.90. The number of aromatic nitrogens is 1. The van der Waals surface area contributed by atoms with Gasteiger partial charge >= 0.3 is 0 Å². The number of hydrogen-bond donors (Lipinski definition) is 1. The van der Waals surface area contributed by atoms with E-state index in [2.05, 4.69) is 11.9 Å². The second kappa shape index (κ2) is 3.62. The average Bonchev–Trinajstić information content (AvgIpc) is 1.95. The molecule has 0 amide bonds. The molecular formula is C8H12N2S. The van der Waals surface area contributed by atoms with E-state index in [9.17, 15) is 0 Å². The number of pyridine rings is 1. The Bertz CT molecular complexity index is 248. The lowest BCUT2D eigenvalue weighted by Gasteiger charge is -2.02. The molecular weight excluding hydrogens is 156 g/mol. The molecule has 0 unspecified atom stereocenters. The monoisotopic (exact) mass is 168 g/mol. The predicted molar refractivity (Wildman–Crippen MR) is 49.8 cm³/mol. The molecule has 0 aliphatic rings. The first-order valence-electron chi connectivity index (χ1n) is 3.59. The fourth-order valence-electron chi connectivity index (χ4n) is 0.837. The van der Waals surface area contributed by atoms with Gasteiger partial charge in [-0.25, -0.2) is 4.98 Å². The number of hydrogen-bond acceptors (Lipinski definition) is 3. The van der Waals surface area contributed by atoms with Crippen molar-refractivity contribution in [3.05, 3.63) is 17.8 Å². The highest BCUT2D eigenvalue weighted by atomic mass is 32.2. The highest BCUT2D eigenvalue weighted by Gasteiger charge is 1.98. The fourth-order valence-corrected chi connectivity index (χ4v) is 1.46. The molecule has 0 atom stereocenters. The first kappa shape index (κ1) is 8.40. The maximum atomic E-state index is 5.72. The molecule has 1 aromatic heterocycles. The minimum Gasteiger partial charge on any atom is -0.397 e. The zero-order valence-electron chi connectivity index (χ0n) is 6.79. The lowest BCUT2D eigenvalue weighted by Crippen LogP contribution is -1.92. The molecule has 2 nitrogen and oxygen atoms in total. The van der Waals surface area contributed by atoms with Crippen LogP contribution in [0.25, 0.3) is 0 Å². The van der Waals surface area contributed by atoms with E-state index in [1.807, 2.05) is 19.2 Å². The van der Waals surface area contributed by atoms with Gasteiger partial charge < -0.3 is 5.73 Å². The van der Waals surface area contributed by atoms with Crippen LogP contribution in [-0.4, -0.2) is 10.7 Å². The summed E-state index contributed by atoms with van der Waals surface area (Å²) in [5.74, 6) is 1.01. The molecule has 0 aliphatic heterocycles. The Kier molecular flexibility index (Phi) is 2.76. The molecule has 3 heteroatoms. The van der Waals surface area contributed by atoms with Gasteiger partial charge in [0.2, 0.25) is 0 Å². The molecule has 0 saturated heterocycles. The quantitative estimate of drug-likeness (QED) is 0.687. The summed E-state index contributed by atoms with van der Waals surface area (Å²) in [4.78, 5) is 4.21. The van der Waals surface area contributed by atoms with Crippen molar-refractivity contribution in [2.75, 3.05) is 11.5 Å². The zero-order chi connectivity index (χ0) is 8.27. The smallest absolute Gasteiger partial charge is 0.119 e. The van der Waals surface area contributed by atoms with Crippen LogP contribution in [0.15, 0.2) is 17.3 Å². The topological polar surface area (TPSA) is 38.9 Å². The summed E-state index contributed by atoms with van der Waals surface area (Å²) in [7, 11) is 0. The van der Waals surface area contributed by atoms with Crippen molar-refractivity contribution in [3.8, 4) is 0 Å². The van der Waals surface area contributed by atoms with Crippen LogP contribution in [0, 0.1) is 6.92 Å². The van der Waals surface area contributed by atoms with Gasteiger partial charge in [0.25, 0.3) is 0 Å². The van der Waals surface area contributed by atoms with Crippen LogP contribution in [-0.2, 0) is 0 Å². The molecule has 0 aliphatic carbocycles. The summed E-state index contributed by atoms with van der Waals surface area (Å²) in [6.07, 6.45) is 1.84. The third-order valence-corrected chi connectivity index (χ3v) is 2.20. The predicted octanol–water partition coefficient (Wildman–Crippen LogP) is 2.08. The Hall–Kier alpha value is -0.700. The summed E-state index contributed by atoms with van der Waals surface area (Å²) in [6, 6.07) is 1.95. The minimum atomic E-state index is 0.789. The number of anilines is 1. The van der Waals surface area contributed by atoms with Crippen LogP contribution in [0.1, 0.15) is 12.5 Å². The van der Waals surface area contributed by atoms with Crippen molar-refractivity contribution in [3.63, 3.8) is 0 Å². The molecule has 1 aromatic rings. The highest BCUT2D eigenvalue weighted by Crippen LogP contribution is 2.21. The van der Waals surface area contributed by atoms with Crippen molar-refractivity contribution in [2.24, 2.45) is 0 Å². The summed E-state index contributed by atoms with van der Waals surface area (Å²) in [6.45, 7) is 4.08. The maximum absolute atomic E-state index is 5.72. The molecule has 0 radical (unpaired) electrons. The van der Waals surface area contributed by atoms with E-state index in [1.165, 1.54) is 0 Å². The number of rotatable bonds is 2. The Morgan fingerprint density at radius 2 is 2.36 bits per heavy atom. The van der Waals surface area contributed by atoms with Crippen LogP contribution >= 0.6 is 11.8 Å². The van der Waals surface area contributed by atoms with Gasteiger partial charge in [-0.3, -0.25) is 0 Å². The molecule has 0 fully saturated rings. The summed E-state index contributed by atoms with van der Waals surface area (Å²) in [5.41, 5.74) is 7.63. The van der Waals surface area contributed by atoms with Gasteiger partial charge in [-0.1, -0.05) is 6.92 Å². The lowest BCUT2D eigenvalue weighted by molar-refractivity contribution is 1.12. The van der Waals surface area contributed by atoms with Crippen LogP contribution in [0.5, 0.6) is 0 Å². The van der Waals surface area contributed by atoms with Crippen molar-refractivity contribution >= 4 is 17.4 Å². The standard InChI is InChI=1S/C8H12N2S/c1-3-11-8-7(9)4-6(2)5-10-8/h4-5H,3,9H2,1-2H3. The molecule has 0 aromatic carbocycles. The van der Waals surface area contributed by atoms with Gasteiger partial charge in [0.1, 0.15) is 5.03 Å². The number of aryl methyl sites for hydroxylation is 1. The van der Waals surface area contributed by atoms with E-state index in [0.29, 0.717) is 0 Å². The second-order valence-electron chi connectivity index (χ2n) is 2.34. The van der Waals surface area contributed by atoms with Crippen molar-refractivity contribution in [1.29, 1.82) is 0 Å². The van der Waals surface area contributed by atoms with Gasteiger partial charge in [0, 0.05) is 6.20 Å². The molecule has 60 valence electrons. The number of nitrogens with zero attached hydrogens (tertiary/aromatic N) is 1. The summed E-state index contributed by atoms with van der Waals surface area (Å²) >= 11 is 1.67. The van der Waals surface area contributed by atoms with E-state index in [4.69, 9.17) is 5.73 Å². The molecule has 2 N–H and O–H groups in total. The molecule has 0 spiro atoms. The average molecular weight is 168 g/mol. The second-order valence-corrected chi connectivity index (χ2v) is 3.59. The zero-order valence-corrected chi connectivity index (χ0v) is 7.61. The first-order chi connectivity index (χ1) is 5.24. The molecule has 1 rings (SSSR count). The van der Waals surface area contributed by atoms with E-state index in [1.54, 1.807) is 11.8 Å². The van der Waals surface area contributed by atoms with E-state index < -0.39 is 0 Å². The van der Waals surface area contributed by atoms with Gasteiger partial charge in [0.05, 0.1) is 5.69 Å². The van der Waals surface area contributed by atoms with Crippen molar-refractivity contribution in [2.45, 2.75) is 18.9 Å². The van der Waals surface area contributed by atoms with Gasteiger partial charge in [-0.2, -0.15) is 0 Å². The number of nitrogen functional groups attached to an aromatic ring is 1. The molecule has 0 bridgehead atoms. The summed E-state index contributed by atoms with van der Waals surface area (Å²) in [5, 5.41) is 0.943. The first-order valence-corrected chi connectivity index (χ1v) is 4.57. The fraction of sp³-hybridized carbons (Fsp3) is 0.375. The van der Waals surface area contributed by atoms with Crippen molar-refractivity contribution in [1.82, 2.24) is 4.98 Å². The molecule has 11 heavy (non-hydrogen) atoms. The minimum absolute atomic E-state index is 0.789. The molecule has 1 heterocycles. The van der Waals surface area contributed by atoms with Crippen molar-refractivity contribution < 1.29 is 0 Å². The van der Waals surface area contributed by atoms with E-state index in [-0.39, 0.29) is 0 Å². The van der Waals surface area contributed by atoms with E-state index >= 15 is 0 Å². The number of thioether (sulfide) groups is 1. The Morgan fingerprint density at radius 3 is 2.91 bits per heavy atom. The van der Waals surface area contributed by atoms with Crippen LogP contribution in [0.3, 0.4) is 0 Å².